The van der Waals surface area contributed by atoms with E-state index in [9.17, 15) is 4.79 Å². The fourth-order valence-electron chi connectivity index (χ4n) is 2.34. The second kappa shape index (κ2) is 5.31. The van der Waals surface area contributed by atoms with E-state index in [1.807, 2.05) is 19.2 Å². The summed E-state index contributed by atoms with van der Waals surface area (Å²) in [7, 11) is 1.82. The van der Waals surface area contributed by atoms with Crippen molar-refractivity contribution in [3.63, 3.8) is 0 Å². The zero-order chi connectivity index (χ0) is 13.3. The molecule has 0 bridgehead atoms. The molecule has 1 amide bonds. The van der Waals surface area contributed by atoms with E-state index in [0.717, 1.165) is 29.7 Å². The molecule has 0 radical (unpaired) electrons. The molecular weight excluding hydrogens is 246 g/mol. The number of hydrogen-bond acceptors (Lipinski definition) is 1. The van der Waals surface area contributed by atoms with Gasteiger partial charge in [0.25, 0.3) is 0 Å². The van der Waals surface area contributed by atoms with Gasteiger partial charge in [-0.2, -0.15) is 0 Å². The zero-order valence-corrected chi connectivity index (χ0v) is 12.0. The molecule has 1 aromatic carbocycles. The monoisotopic (exact) mass is 265 g/mol. The number of halogens is 1. The van der Waals surface area contributed by atoms with Crippen molar-refractivity contribution in [3.05, 3.63) is 29.3 Å². The number of nitrogens with zero attached hydrogens (tertiary/aromatic N) is 1. The minimum atomic E-state index is 0.0475. The van der Waals surface area contributed by atoms with Crippen LogP contribution >= 0.6 is 11.6 Å². The molecule has 0 fully saturated rings. The molecule has 1 heterocycles. The van der Waals surface area contributed by atoms with Crippen molar-refractivity contribution in [2.45, 2.75) is 38.5 Å². The SMILES string of the molecule is CCC(C)CC(Cl)c1ccc2c(c1)CC(=O)N2C. The van der Waals surface area contributed by atoms with E-state index in [-0.39, 0.29) is 11.3 Å². The quantitative estimate of drug-likeness (QED) is 0.756. The summed E-state index contributed by atoms with van der Waals surface area (Å²) >= 11 is 6.46. The number of carbonyl (C=O) groups is 1. The fraction of sp³-hybridized carbons (Fsp3) is 0.533. The molecule has 0 saturated heterocycles. The normalized spacial score (nSPS) is 17.8. The maximum Gasteiger partial charge on any atom is 0.231 e. The number of hydrogen-bond donors (Lipinski definition) is 0. The summed E-state index contributed by atoms with van der Waals surface area (Å²) in [6.45, 7) is 4.41. The molecule has 2 unspecified atom stereocenters. The highest BCUT2D eigenvalue weighted by molar-refractivity contribution is 6.20. The molecule has 2 atom stereocenters. The van der Waals surface area contributed by atoms with Gasteiger partial charge in [0.05, 0.1) is 11.8 Å². The van der Waals surface area contributed by atoms with E-state index in [4.69, 9.17) is 11.6 Å². The first-order valence-electron chi connectivity index (χ1n) is 6.56. The number of anilines is 1. The van der Waals surface area contributed by atoms with Crippen molar-refractivity contribution in [1.29, 1.82) is 0 Å². The summed E-state index contributed by atoms with van der Waals surface area (Å²) in [5, 5.41) is 0.0475. The van der Waals surface area contributed by atoms with Crippen LogP contribution in [0.2, 0.25) is 0 Å². The third-order valence-electron chi connectivity index (χ3n) is 3.85. The van der Waals surface area contributed by atoms with Crippen molar-refractivity contribution in [2.24, 2.45) is 5.92 Å². The number of rotatable bonds is 4. The second-order valence-electron chi connectivity index (χ2n) is 5.23. The highest BCUT2D eigenvalue weighted by Crippen LogP contribution is 2.34. The van der Waals surface area contributed by atoms with Crippen LogP contribution in [0.1, 0.15) is 43.2 Å². The fourth-order valence-corrected chi connectivity index (χ4v) is 2.78. The highest BCUT2D eigenvalue weighted by atomic mass is 35.5. The molecule has 3 heteroatoms. The minimum Gasteiger partial charge on any atom is -0.315 e. The molecule has 18 heavy (non-hydrogen) atoms. The summed E-state index contributed by atoms with van der Waals surface area (Å²) in [4.78, 5) is 13.3. The first-order chi connectivity index (χ1) is 8.52. The summed E-state index contributed by atoms with van der Waals surface area (Å²) < 4.78 is 0. The highest BCUT2D eigenvalue weighted by Gasteiger charge is 2.24. The topological polar surface area (TPSA) is 20.3 Å². The lowest BCUT2D eigenvalue weighted by atomic mass is 9.97. The van der Waals surface area contributed by atoms with Crippen molar-refractivity contribution in [2.75, 3.05) is 11.9 Å². The first kappa shape index (κ1) is 13.4. The average Bonchev–Trinajstić information content (AvgIpc) is 2.64. The molecule has 0 aliphatic carbocycles. The van der Waals surface area contributed by atoms with Gasteiger partial charge in [-0.1, -0.05) is 32.4 Å². The first-order valence-corrected chi connectivity index (χ1v) is 7.00. The van der Waals surface area contributed by atoms with Gasteiger partial charge in [0.1, 0.15) is 0 Å². The maximum absolute atomic E-state index is 11.6. The predicted octanol–water partition coefficient (Wildman–Crippen LogP) is 3.92. The predicted molar refractivity (Wildman–Crippen MR) is 76.2 cm³/mol. The number of fused-ring (bicyclic) bond motifs is 1. The Balaban J connectivity index is 2.18. The van der Waals surface area contributed by atoms with Crippen LogP contribution in [-0.4, -0.2) is 13.0 Å². The molecule has 0 N–H and O–H groups in total. The van der Waals surface area contributed by atoms with E-state index < -0.39 is 0 Å². The lowest BCUT2D eigenvalue weighted by molar-refractivity contribution is -0.117. The number of carbonyl (C=O) groups excluding carboxylic acids is 1. The lowest BCUT2D eigenvalue weighted by Crippen LogP contribution is -2.20. The number of likely N-dealkylation sites (N-methyl/N-ethyl adjacent to an activating group) is 1. The largest absolute Gasteiger partial charge is 0.315 e. The van der Waals surface area contributed by atoms with Gasteiger partial charge in [0.2, 0.25) is 5.91 Å². The van der Waals surface area contributed by atoms with E-state index in [1.165, 1.54) is 0 Å². The third-order valence-corrected chi connectivity index (χ3v) is 4.28. The Hall–Kier alpha value is -1.02. The molecule has 0 aromatic heterocycles. The zero-order valence-electron chi connectivity index (χ0n) is 11.2. The molecular formula is C15H20ClNO. The molecule has 0 spiro atoms. The average molecular weight is 266 g/mol. The Morgan fingerprint density at radius 1 is 1.44 bits per heavy atom. The van der Waals surface area contributed by atoms with Crippen molar-refractivity contribution >= 4 is 23.2 Å². The van der Waals surface area contributed by atoms with Crippen molar-refractivity contribution < 1.29 is 4.79 Å². The number of benzene rings is 1. The second-order valence-corrected chi connectivity index (χ2v) is 5.76. The van der Waals surface area contributed by atoms with Gasteiger partial charge in [-0.25, -0.2) is 0 Å². The lowest BCUT2D eigenvalue weighted by Gasteiger charge is -2.16. The number of alkyl halides is 1. The van der Waals surface area contributed by atoms with E-state index >= 15 is 0 Å². The van der Waals surface area contributed by atoms with Crippen LogP contribution in [-0.2, 0) is 11.2 Å². The molecule has 2 nitrogen and oxygen atoms in total. The molecule has 1 aliphatic heterocycles. The van der Waals surface area contributed by atoms with E-state index in [2.05, 4.69) is 19.9 Å². The van der Waals surface area contributed by atoms with Gasteiger partial charge < -0.3 is 4.90 Å². The minimum absolute atomic E-state index is 0.0475. The number of amides is 1. The van der Waals surface area contributed by atoms with Crippen LogP contribution in [0.5, 0.6) is 0 Å². The Morgan fingerprint density at radius 2 is 2.17 bits per heavy atom. The Labute approximate surface area is 114 Å². The summed E-state index contributed by atoms with van der Waals surface area (Å²) in [5.41, 5.74) is 3.27. The van der Waals surface area contributed by atoms with Gasteiger partial charge in [-0.3, -0.25) is 4.79 Å². The Morgan fingerprint density at radius 3 is 2.83 bits per heavy atom. The van der Waals surface area contributed by atoms with Gasteiger partial charge in [-0.05, 0) is 29.5 Å². The summed E-state index contributed by atoms with van der Waals surface area (Å²) in [6, 6.07) is 6.16. The van der Waals surface area contributed by atoms with Crippen LogP contribution in [0, 0.1) is 5.92 Å². The third kappa shape index (κ3) is 2.54. The molecule has 98 valence electrons. The van der Waals surface area contributed by atoms with Crippen LogP contribution < -0.4 is 4.90 Å². The van der Waals surface area contributed by atoms with Crippen LogP contribution in [0.15, 0.2) is 18.2 Å². The summed E-state index contributed by atoms with van der Waals surface area (Å²) in [5.74, 6) is 0.792. The van der Waals surface area contributed by atoms with Crippen molar-refractivity contribution in [1.82, 2.24) is 0 Å². The molecule has 1 aliphatic rings. The van der Waals surface area contributed by atoms with Crippen LogP contribution in [0.4, 0.5) is 5.69 Å². The standard InChI is InChI=1S/C15H20ClNO/c1-4-10(2)7-13(16)11-5-6-14-12(8-11)9-15(18)17(14)3/h5-6,8,10,13H,4,7,9H2,1-3H3. The van der Waals surface area contributed by atoms with Crippen LogP contribution in [0.25, 0.3) is 0 Å². The van der Waals surface area contributed by atoms with E-state index in [1.54, 1.807) is 4.90 Å². The van der Waals surface area contributed by atoms with Gasteiger partial charge in [0, 0.05) is 12.7 Å². The molecule has 0 saturated carbocycles. The smallest absolute Gasteiger partial charge is 0.231 e. The Kier molecular flexibility index (Phi) is 3.96. The van der Waals surface area contributed by atoms with Crippen molar-refractivity contribution in [3.8, 4) is 0 Å². The van der Waals surface area contributed by atoms with E-state index in [0.29, 0.717) is 12.3 Å². The Bertz CT molecular complexity index is 458. The van der Waals surface area contributed by atoms with Crippen LogP contribution in [0.3, 0.4) is 0 Å². The molecule has 1 aromatic rings. The summed E-state index contributed by atoms with van der Waals surface area (Å²) in [6.07, 6.45) is 2.64. The van der Waals surface area contributed by atoms with Gasteiger partial charge >= 0.3 is 0 Å². The maximum atomic E-state index is 11.6. The van der Waals surface area contributed by atoms with Gasteiger partial charge in [0.15, 0.2) is 0 Å². The molecule has 2 rings (SSSR count). The van der Waals surface area contributed by atoms with Gasteiger partial charge in [-0.15, -0.1) is 11.6 Å².